The first-order valence-electron chi connectivity index (χ1n) is 6.74. The Morgan fingerprint density at radius 2 is 1.90 bits per heavy atom. The minimum Gasteiger partial charge on any atom is -0.330 e. The van der Waals surface area contributed by atoms with Crippen LogP contribution in [-0.2, 0) is 6.42 Å². The Bertz CT molecular complexity index is 767. The molecule has 3 rings (SSSR count). The molecule has 0 aliphatic rings. The molecule has 0 spiro atoms. The number of aryl methyl sites for hydroxylation is 2. The van der Waals surface area contributed by atoms with Crippen LogP contribution in [0.4, 0.5) is 0 Å². The first-order valence-corrected chi connectivity index (χ1v) is 8.44. The number of nitrogens with zero attached hydrogens (tertiary/aromatic N) is 4. The highest BCUT2D eigenvalue weighted by molar-refractivity contribution is 7.99. The molecule has 0 bridgehead atoms. The van der Waals surface area contributed by atoms with Gasteiger partial charge in [0.05, 0.1) is 5.69 Å². The first kappa shape index (κ1) is 14.5. The minimum atomic E-state index is 0.601. The molecule has 0 amide bonds. The summed E-state index contributed by atoms with van der Waals surface area (Å²) in [6.07, 6.45) is 2.83. The maximum Gasteiger partial charge on any atom is 0.194 e. The van der Waals surface area contributed by atoms with Crippen LogP contribution in [0.5, 0.6) is 0 Å². The molecule has 0 atom stereocenters. The molecule has 110 valence electrons. The van der Waals surface area contributed by atoms with Crippen molar-refractivity contribution in [2.24, 2.45) is 5.73 Å². The first-order chi connectivity index (χ1) is 10.1. The lowest BCUT2D eigenvalue weighted by molar-refractivity contribution is 0.862. The van der Waals surface area contributed by atoms with E-state index in [2.05, 4.69) is 19.4 Å². The molecule has 3 aromatic heterocycles. The molecule has 0 fully saturated rings. The van der Waals surface area contributed by atoms with Gasteiger partial charge in [-0.2, -0.15) is 0 Å². The normalized spacial score (nSPS) is 11.4. The van der Waals surface area contributed by atoms with Gasteiger partial charge in [0.2, 0.25) is 0 Å². The second kappa shape index (κ2) is 5.75. The van der Waals surface area contributed by atoms with Crippen molar-refractivity contribution in [1.29, 1.82) is 0 Å². The van der Waals surface area contributed by atoms with E-state index < -0.39 is 0 Å². The molecule has 0 radical (unpaired) electrons. The van der Waals surface area contributed by atoms with Crippen molar-refractivity contribution >= 4 is 28.1 Å². The Labute approximate surface area is 131 Å². The van der Waals surface area contributed by atoms with E-state index in [0.717, 1.165) is 44.2 Å². The molecule has 3 heterocycles. The molecule has 0 aliphatic carbocycles. The summed E-state index contributed by atoms with van der Waals surface area (Å²) in [5, 5.41) is 3.74. The lowest BCUT2D eigenvalue weighted by atomic mass is 10.2. The van der Waals surface area contributed by atoms with Crippen molar-refractivity contribution < 1.29 is 0 Å². The SMILES string of the molecule is Cc1nc(Sc2nc3sccn3c2CCN)nc(C)c1C. The molecule has 7 heteroatoms. The quantitative estimate of drug-likeness (QED) is 0.749. The predicted molar refractivity (Wildman–Crippen MR) is 86.2 cm³/mol. The molecule has 3 aromatic rings. The Kier molecular flexibility index (Phi) is 3.97. The molecule has 0 aromatic carbocycles. The van der Waals surface area contributed by atoms with Crippen LogP contribution >= 0.6 is 23.1 Å². The zero-order chi connectivity index (χ0) is 15.0. The number of hydrogen-bond acceptors (Lipinski definition) is 6. The van der Waals surface area contributed by atoms with Crippen molar-refractivity contribution in [2.75, 3.05) is 6.54 Å². The fourth-order valence-corrected chi connectivity index (χ4v) is 3.91. The van der Waals surface area contributed by atoms with Gasteiger partial charge in [0.1, 0.15) is 5.03 Å². The van der Waals surface area contributed by atoms with Gasteiger partial charge in [-0.3, -0.25) is 4.40 Å². The highest BCUT2D eigenvalue weighted by atomic mass is 32.2. The monoisotopic (exact) mass is 319 g/mol. The summed E-state index contributed by atoms with van der Waals surface area (Å²) < 4.78 is 2.10. The summed E-state index contributed by atoms with van der Waals surface area (Å²) in [7, 11) is 0. The third kappa shape index (κ3) is 2.68. The van der Waals surface area contributed by atoms with Crippen molar-refractivity contribution in [1.82, 2.24) is 19.4 Å². The van der Waals surface area contributed by atoms with Gasteiger partial charge in [-0.15, -0.1) is 11.3 Å². The van der Waals surface area contributed by atoms with E-state index in [0.29, 0.717) is 6.54 Å². The standard InChI is InChI=1S/C14H17N5S2/c1-8-9(2)16-13(17-10(8)3)21-12-11(4-5-15)19-6-7-20-14(19)18-12/h6-7H,4-5,15H2,1-3H3. The highest BCUT2D eigenvalue weighted by Crippen LogP contribution is 2.30. The molecule has 0 saturated carbocycles. The number of fused-ring (bicyclic) bond motifs is 1. The van der Waals surface area contributed by atoms with Crippen LogP contribution in [0.25, 0.3) is 4.96 Å². The summed E-state index contributed by atoms with van der Waals surface area (Å²) in [6.45, 7) is 6.68. The summed E-state index contributed by atoms with van der Waals surface area (Å²) in [6, 6.07) is 0. The summed E-state index contributed by atoms with van der Waals surface area (Å²) in [4.78, 5) is 14.8. The minimum absolute atomic E-state index is 0.601. The van der Waals surface area contributed by atoms with Crippen LogP contribution < -0.4 is 5.73 Å². The van der Waals surface area contributed by atoms with Crippen LogP contribution in [0.1, 0.15) is 22.6 Å². The Balaban J connectivity index is 2.01. The van der Waals surface area contributed by atoms with Crippen molar-refractivity contribution in [3.63, 3.8) is 0 Å². The maximum atomic E-state index is 5.73. The lowest BCUT2D eigenvalue weighted by Gasteiger charge is -2.06. The number of imidazole rings is 1. The summed E-state index contributed by atoms with van der Waals surface area (Å²) in [5.41, 5.74) is 10.1. The molecule has 0 saturated heterocycles. The van der Waals surface area contributed by atoms with Gasteiger partial charge in [0.25, 0.3) is 0 Å². The Hall–Kier alpha value is -1.44. The average molecular weight is 319 g/mol. The van der Waals surface area contributed by atoms with Crippen LogP contribution in [0.15, 0.2) is 21.8 Å². The zero-order valence-corrected chi connectivity index (χ0v) is 13.9. The largest absolute Gasteiger partial charge is 0.330 e. The second-order valence-electron chi connectivity index (χ2n) is 4.86. The van der Waals surface area contributed by atoms with E-state index in [1.165, 1.54) is 11.8 Å². The van der Waals surface area contributed by atoms with Gasteiger partial charge in [0, 0.05) is 29.4 Å². The molecular weight excluding hydrogens is 302 g/mol. The topological polar surface area (TPSA) is 69.1 Å². The van der Waals surface area contributed by atoms with Crippen LogP contribution in [-0.4, -0.2) is 25.9 Å². The molecule has 0 aliphatic heterocycles. The summed E-state index contributed by atoms with van der Waals surface area (Å²) in [5.74, 6) is 0. The lowest BCUT2D eigenvalue weighted by Crippen LogP contribution is -2.05. The fraction of sp³-hybridized carbons (Fsp3) is 0.357. The van der Waals surface area contributed by atoms with E-state index in [1.807, 2.05) is 32.3 Å². The summed E-state index contributed by atoms with van der Waals surface area (Å²) >= 11 is 3.14. The molecule has 0 unspecified atom stereocenters. The molecular formula is C14H17N5S2. The number of nitrogens with two attached hydrogens (primary N) is 1. The van der Waals surface area contributed by atoms with E-state index >= 15 is 0 Å². The van der Waals surface area contributed by atoms with Crippen molar-refractivity contribution in [2.45, 2.75) is 37.4 Å². The van der Waals surface area contributed by atoms with Crippen molar-refractivity contribution in [3.8, 4) is 0 Å². The van der Waals surface area contributed by atoms with Gasteiger partial charge < -0.3 is 5.73 Å². The van der Waals surface area contributed by atoms with Crippen LogP contribution in [0.2, 0.25) is 0 Å². The van der Waals surface area contributed by atoms with Gasteiger partial charge in [-0.25, -0.2) is 15.0 Å². The number of hydrogen-bond donors (Lipinski definition) is 1. The van der Waals surface area contributed by atoms with E-state index in [4.69, 9.17) is 5.73 Å². The zero-order valence-electron chi connectivity index (χ0n) is 12.3. The van der Waals surface area contributed by atoms with Gasteiger partial charge in [-0.1, -0.05) is 0 Å². The third-order valence-corrected chi connectivity index (χ3v) is 5.15. The Morgan fingerprint density at radius 1 is 1.19 bits per heavy atom. The predicted octanol–water partition coefficient (Wildman–Crippen LogP) is 2.76. The second-order valence-corrected chi connectivity index (χ2v) is 6.69. The number of rotatable bonds is 4. The molecule has 5 nitrogen and oxygen atoms in total. The van der Waals surface area contributed by atoms with Gasteiger partial charge >= 0.3 is 0 Å². The molecule has 21 heavy (non-hydrogen) atoms. The van der Waals surface area contributed by atoms with E-state index in [1.54, 1.807) is 11.3 Å². The number of aromatic nitrogens is 4. The third-order valence-electron chi connectivity index (χ3n) is 3.51. The average Bonchev–Trinajstić information content (AvgIpc) is 3.00. The van der Waals surface area contributed by atoms with Crippen LogP contribution in [0, 0.1) is 20.8 Å². The van der Waals surface area contributed by atoms with Gasteiger partial charge in [-0.05, 0) is 44.6 Å². The molecule has 2 N–H and O–H groups in total. The van der Waals surface area contributed by atoms with Crippen LogP contribution in [0.3, 0.4) is 0 Å². The van der Waals surface area contributed by atoms with Crippen molar-refractivity contribution in [3.05, 3.63) is 34.2 Å². The smallest absolute Gasteiger partial charge is 0.194 e. The fourth-order valence-electron chi connectivity index (χ4n) is 2.13. The van der Waals surface area contributed by atoms with E-state index in [9.17, 15) is 0 Å². The van der Waals surface area contributed by atoms with Gasteiger partial charge in [0.15, 0.2) is 10.1 Å². The Morgan fingerprint density at radius 3 is 2.57 bits per heavy atom. The highest BCUT2D eigenvalue weighted by Gasteiger charge is 2.16. The van der Waals surface area contributed by atoms with E-state index in [-0.39, 0.29) is 0 Å². The maximum absolute atomic E-state index is 5.73. The number of thiazole rings is 1.